The van der Waals surface area contributed by atoms with Gasteiger partial charge in [0.1, 0.15) is 5.75 Å². The molecule has 22 heavy (non-hydrogen) atoms. The fourth-order valence-electron chi connectivity index (χ4n) is 2.58. The van der Waals surface area contributed by atoms with Crippen molar-refractivity contribution in [3.63, 3.8) is 0 Å². The second-order valence-electron chi connectivity index (χ2n) is 4.89. The fraction of sp³-hybridized carbons (Fsp3) is 0.375. The molecule has 1 aromatic rings. The van der Waals surface area contributed by atoms with E-state index in [4.69, 9.17) is 9.47 Å². The summed E-state index contributed by atoms with van der Waals surface area (Å²) in [5, 5.41) is 2.85. The molecule has 1 atom stereocenters. The van der Waals surface area contributed by atoms with Crippen LogP contribution in [-0.2, 0) is 9.53 Å². The van der Waals surface area contributed by atoms with Crippen LogP contribution in [0.25, 0.3) is 0 Å². The largest absolute Gasteiger partial charge is 0.497 e. The Morgan fingerprint density at radius 1 is 1.27 bits per heavy atom. The van der Waals surface area contributed by atoms with Gasteiger partial charge < -0.3 is 14.8 Å². The minimum atomic E-state index is -0.534. The lowest BCUT2D eigenvalue weighted by Crippen LogP contribution is -2.47. The number of methoxy groups -OCH3 is 2. The number of carbonyl (C=O) groups excluding carboxylic acids is 2. The molecule has 1 aromatic carbocycles. The summed E-state index contributed by atoms with van der Waals surface area (Å²) in [6.45, 7) is 4.09. The standard InChI is InChI=1S/C16H20N2O4/c1-5-18-10(2)13(15(19)22-4)14(17-16(18)20)11-6-8-12(21-3)9-7-11/h6-9,14H,5H2,1-4H3,(H,17,20). The van der Waals surface area contributed by atoms with Crippen LogP contribution in [0.15, 0.2) is 35.5 Å². The van der Waals surface area contributed by atoms with Crippen molar-refractivity contribution in [2.75, 3.05) is 20.8 Å². The zero-order valence-electron chi connectivity index (χ0n) is 13.2. The summed E-state index contributed by atoms with van der Waals surface area (Å²) in [6, 6.07) is 6.46. The zero-order chi connectivity index (χ0) is 16.3. The fourth-order valence-corrected chi connectivity index (χ4v) is 2.58. The van der Waals surface area contributed by atoms with E-state index in [1.807, 2.05) is 19.1 Å². The monoisotopic (exact) mass is 304 g/mol. The lowest BCUT2D eigenvalue weighted by atomic mass is 9.95. The first kappa shape index (κ1) is 15.9. The number of nitrogens with zero attached hydrogens (tertiary/aromatic N) is 1. The molecule has 0 aliphatic carbocycles. The molecule has 6 heteroatoms. The molecule has 0 saturated carbocycles. The third-order valence-corrected chi connectivity index (χ3v) is 3.77. The third-order valence-electron chi connectivity index (χ3n) is 3.77. The average Bonchev–Trinajstić information content (AvgIpc) is 2.54. The van der Waals surface area contributed by atoms with Crippen LogP contribution in [0.2, 0.25) is 0 Å². The van der Waals surface area contributed by atoms with Gasteiger partial charge in [-0.15, -0.1) is 0 Å². The molecule has 2 rings (SSSR count). The van der Waals surface area contributed by atoms with Crippen LogP contribution in [0.1, 0.15) is 25.5 Å². The highest BCUT2D eigenvalue weighted by Crippen LogP contribution is 2.31. The van der Waals surface area contributed by atoms with Gasteiger partial charge >= 0.3 is 12.0 Å². The lowest BCUT2D eigenvalue weighted by molar-refractivity contribution is -0.136. The van der Waals surface area contributed by atoms with Gasteiger partial charge in [0.2, 0.25) is 0 Å². The van der Waals surface area contributed by atoms with Crippen LogP contribution in [0.5, 0.6) is 5.75 Å². The van der Waals surface area contributed by atoms with Crippen molar-refractivity contribution in [3.05, 3.63) is 41.1 Å². The molecular weight excluding hydrogens is 284 g/mol. The third kappa shape index (κ3) is 2.77. The number of rotatable bonds is 4. The number of hydrogen-bond donors (Lipinski definition) is 1. The Labute approximate surface area is 129 Å². The van der Waals surface area contributed by atoms with E-state index in [1.165, 1.54) is 12.0 Å². The van der Waals surface area contributed by atoms with E-state index >= 15 is 0 Å². The first-order chi connectivity index (χ1) is 10.5. The average molecular weight is 304 g/mol. The van der Waals surface area contributed by atoms with Gasteiger partial charge in [0.15, 0.2) is 0 Å². The van der Waals surface area contributed by atoms with E-state index in [0.29, 0.717) is 23.6 Å². The highest BCUT2D eigenvalue weighted by Gasteiger charge is 2.35. The Balaban J connectivity index is 2.49. The molecular formula is C16H20N2O4. The summed E-state index contributed by atoms with van der Waals surface area (Å²) in [5.41, 5.74) is 1.85. The number of ether oxygens (including phenoxy) is 2. The van der Waals surface area contributed by atoms with Gasteiger partial charge in [-0.2, -0.15) is 0 Å². The van der Waals surface area contributed by atoms with Crippen LogP contribution >= 0.6 is 0 Å². The second-order valence-corrected chi connectivity index (χ2v) is 4.89. The predicted molar refractivity (Wildman–Crippen MR) is 81.4 cm³/mol. The van der Waals surface area contributed by atoms with Gasteiger partial charge in [-0.05, 0) is 31.5 Å². The number of amides is 2. The van der Waals surface area contributed by atoms with Crippen LogP contribution in [-0.4, -0.2) is 37.7 Å². The van der Waals surface area contributed by atoms with Gasteiger partial charge in [-0.25, -0.2) is 9.59 Å². The van der Waals surface area contributed by atoms with Crippen molar-refractivity contribution in [1.82, 2.24) is 10.2 Å². The van der Waals surface area contributed by atoms with E-state index in [-0.39, 0.29) is 6.03 Å². The Morgan fingerprint density at radius 2 is 1.91 bits per heavy atom. The maximum Gasteiger partial charge on any atom is 0.337 e. The Hall–Kier alpha value is -2.50. The highest BCUT2D eigenvalue weighted by atomic mass is 16.5. The minimum absolute atomic E-state index is 0.228. The maximum absolute atomic E-state index is 12.2. The molecule has 0 spiro atoms. The number of allylic oxidation sites excluding steroid dienone is 1. The number of urea groups is 1. The normalized spacial score (nSPS) is 18.1. The molecule has 118 valence electrons. The molecule has 0 bridgehead atoms. The molecule has 1 heterocycles. The SMILES string of the molecule is CCN1C(=O)NC(c2ccc(OC)cc2)C(C(=O)OC)=C1C. The van der Waals surface area contributed by atoms with Crippen LogP contribution in [0.3, 0.4) is 0 Å². The number of carbonyl (C=O) groups is 2. The van der Waals surface area contributed by atoms with E-state index in [9.17, 15) is 9.59 Å². The number of nitrogens with one attached hydrogen (secondary N) is 1. The first-order valence-electron chi connectivity index (χ1n) is 7.04. The zero-order valence-corrected chi connectivity index (χ0v) is 13.2. The van der Waals surface area contributed by atoms with Crippen molar-refractivity contribution in [3.8, 4) is 5.75 Å². The van der Waals surface area contributed by atoms with Crippen LogP contribution in [0, 0.1) is 0 Å². The molecule has 1 unspecified atom stereocenters. The van der Waals surface area contributed by atoms with E-state index in [1.54, 1.807) is 26.2 Å². The maximum atomic E-state index is 12.2. The number of esters is 1. The summed E-state index contributed by atoms with van der Waals surface area (Å²) in [4.78, 5) is 25.9. The second kappa shape index (κ2) is 6.51. The molecule has 0 saturated heterocycles. The summed E-state index contributed by atoms with van der Waals surface area (Å²) in [5.74, 6) is 0.262. The molecule has 2 amide bonds. The molecule has 1 N–H and O–H groups in total. The van der Waals surface area contributed by atoms with E-state index in [2.05, 4.69) is 5.32 Å². The Kier molecular flexibility index (Phi) is 4.70. The van der Waals surface area contributed by atoms with Gasteiger partial charge in [0.25, 0.3) is 0 Å². The molecule has 1 aliphatic heterocycles. The summed E-state index contributed by atoms with van der Waals surface area (Å²) in [6.07, 6.45) is 0. The summed E-state index contributed by atoms with van der Waals surface area (Å²) in [7, 11) is 2.92. The van der Waals surface area contributed by atoms with E-state index in [0.717, 1.165) is 5.56 Å². The van der Waals surface area contributed by atoms with Crippen molar-refractivity contribution in [2.45, 2.75) is 19.9 Å². The van der Waals surface area contributed by atoms with Crippen molar-refractivity contribution in [1.29, 1.82) is 0 Å². The smallest absolute Gasteiger partial charge is 0.337 e. The highest BCUT2D eigenvalue weighted by molar-refractivity contribution is 5.94. The Morgan fingerprint density at radius 3 is 2.41 bits per heavy atom. The number of hydrogen-bond acceptors (Lipinski definition) is 4. The molecule has 1 aliphatic rings. The van der Waals surface area contributed by atoms with Gasteiger partial charge in [0, 0.05) is 12.2 Å². The lowest BCUT2D eigenvalue weighted by Gasteiger charge is -2.34. The summed E-state index contributed by atoms with van der Waals surface area (Å²) < 4.78 is 10.0. The van der Waals surface area contributed by atoms with Crippen molar-refractivity contribution >= 4 is 12.0 Å². The first-order valence-corrected chi connectivity index (χ1v) is 7.04. The van der Waals surface area contributed by atoms with Crippen molar-refractivity contribution < 1.29 is 19.1 Å². The van der Waals surface area contributed by atoms with Crippen LogP contribution in [0.4, 0.5) is 4.79 Å². The number of benzene rings is 1. The molecule has 0 fully saturated rings. The van der Waals surface area contributed by atoms with Gasteiger partial charge in [-0.1, -0.05) is 12.1 Å². The van der Waals surface area contributed by atoms with E-state index < -0.39 is 12.0 Å². The Bertz CT molecular complexity index is 607. The van der Waals surface area contributed by atoms with Gasteiger partial charge in [-0.3, -0.25) is 4.90 Å². The minimum Gasteiger partial charge on any atom is -0.497 e. The molecule has 0 radical (unpaired) electrons. The predicted octanol–water partition coefficient (Wildman–Crippen LogP) is 2.23. The quantitative estimate of drug-likeness (QED) is 0.866. The summed E-state index contributed by atoms with van der Waals surface area (Å²) >= 11 is 0. The van der Waals surface area contributed by atoms with Gasteiger partial charge in [0.05, 0.1) is 25.8 Å². The van der Waals surface area contributed by atoms with Crippen LogP contribution < -0.4 is 10.1 Å². The molecule has 6 nitrogen and oxygen atoms in total. The topological polar surface area (TPSA) is 67.9 Å². The van der Waals surface area contributed by atoms with Crippen molar-refractivity contribution in [2.24, 2.45) is 0 Å². The molecule has 0 aromatic heterocycles.